The number of carbonyl (C=O) groups is 1. The second-order valence-corrected chi connectivity index (χ2v) is 5.29. The van der Waals surface area contributed by atoms with Crippen LogP contribution in [0.3, 0.4) is 0 Å². The van der Waals surface area contributed by atoms with Crippen LogP contribution in [-0.2, 0) is 4.79 Å². The molecule has 114 valence electrons. The second-order valence-electron chi connectivity index (χ2n) is 5.29. The third-order valence-corrected chi connectivity index (χ3v) is 3.67. The molecule has 1 saturated carbocycles. The monoisotopic (exact) mass is 301 g/mol. The van der Waals surface area contributed by atoms with Gasteiger partial charge in [0.1, 0.15) is 5.41 Å². The summed E-state index contributed by atoms with van der Waals surface area (Å²) in [6.45, 7) is 1.88. The molecule has 0 unspecified atom stereocenters. The van der Waals surface area contributed by atoms with Crippen LogP contribution in [0.4, 0.5) is 18.9 Å². The molecule has 0 bridgehead atoms. The zero-order chi connectivity index (χ0) is 15.8. The molecule has 0 saturated heterocycles. The van der Waals surface area contributed by atoms with Crippen LogP contribution in [0, 0.1) is 28.8 Å². The Kier molecular flexibility index (Phi) is 3.80. The fraction of sp³-hybridized carbons (Fsp3) is 0.385. The van der Waals surface area contributed by atoms with Crippen molar-refractivity contribution in [2.24, 2.45) is 22.2 Å². The minimum absolute atomic E-state index is 0.192. The number of nitrogens with one attached hydrogen (secondary N) is 1. The van der Waals surface area contributed by atoms with E-state index in [1.165, 1.54) is 0 Å². The maximum atomic E-state index is 13.1. The molecule has 1 aliphatic carbocycles. The molecule has 1 aromatic carbocycles. The van der Waals surface area contributed by atoms with Crippen molar-refractivity contribution >= 4 is 17.4 Å². The van der Waals surface area contributed by atoms with Crippen LogP contribution in [-0.4, -0.2) is 17.0 Å². The topological polar surface area (TPSA) is 87.7 Å². The van der Waals surface area contributed by atoms with E-state index in [9.17, 15) is 18.0 Å². The van der Waals surface area contributed by atoms with Crippen LogP contribution in [0.1, 0.15) is 19.8 Å². The number of amidine groups is 1. The maximum Gasteiger partial charge on any atom is 0.238 e. The number of anilines is 1. The lowest BCUT2D eigenvalue weighted by Crippen LogP contribution is -2.54. The van der Waals surface area contributed by atoms with Crippen molar-refractivity contribution in [1.82, 2.24) is 0 Å². The summed E-state index contributed by atoms with van der Waals surface area (Å²) in [6, 6.07) is 1.33. The molecular formula is C13H14F3N3O2. The summed E-state index contributed by atoms with van der Waals surface area (Å²) < 4.78 is 39.1. The van der Waals surface area contributed by atoms with E-state index in [0.717, 1.165) is 0 Å². The van der Waals surface area contributed by atoms with Crippen molar-refractivity contribution < 1.29 is 23.2 Å². The van der Waals surface area contributed by atoms with Gasteiger partial charge in [-0.15, -0.1) is 0 Å². The van der Waals surface area contributed by atoms with Gasteiger partial charge in [0.25, 0.3) is 0 Å². The highest BCUT2D eigenvalue weighted by atomic mass is 19.2. The van der Waals surface area contributed by atoms with Crippen molar-refractivity contribution in [1.29, 1.82) is 0 Å². The highest BCUT2D eigenvalue weighted by molar-refractivity contribution is 6.12. The number of carbonyl (C=O) groups excluding carboxylic acids is 1. The van der Waals surface area contributed by atoms with Crippen molar-refractivity contribution in [3.05, 3.63) is 29.6 Å². The average molecular weight is 301 g/mol. The van der Waals surface area contributed by atoms with E-state index >= 15 is 0 Å². The van der Waals surface area contributed by atoms with Crippen molar-refractivity contribution in [3.8, 4) is 0 Å². The van der Waals surface area contributed by atoms with Crippen molar-refractivity contribution in [2.45, 2.75) is 19.8 Å². The summed E-state index contributed by atoms with van der Waals surface area (Å²) in [5.74, 6) is -5.16. The number of benzene rings is 1. The fourth-order valence-electron chi connectivity index (χ4n) is 2.61. The molecular weight excluding hydrogens is 287 g/mol. The lowest BCUT2D eigenvalue weighted by Gasteiger charge is -2.43. The number of amides is 1. The molecule has 1 aromatic rings. The zero-order valence-electron chi connectivity index (χ0n) is 11.2. The Labute approximate surface area is 118 Å². The largest absolute Gasteiger partial charge is 0.409 e. The smallest absolute Gasteiger partial charge is 0.238 e. The van der Waals surface area contributed by atoms with Gasteiger partial charge in [-0.05, 0) is 18.8 Å². The number of rotatable bonds is 3. The second kappa shape index (κ2) is 5.27. The van der Waals surface area contributed by atoms with E-state index in [2.05, 4.69) is 10.5 Å². The number of hydrogen-bond acceptors (Lipinski definition) is 3. The Morgan fingerprint density at radius 2 is 1.90 bits per heavy atom. The minimum Gasteiger partial charge on any atom is -0.409 e. The lowest BCUT2D eigenvalue weighted by molar-refractivity contribution is -0.127. The summed E-state index contributed by atoms with van der Waals surface area (Å²) in [5.41, 5.74) is 4.10. The molecule has 21 heavy (non-hydrogen) atoms. The highest BCUT2D eigenvalue weighted by Crippen LogP contribution is 2.46. The van der Waals surface area contributed by atoms with Gasteiger partial charge in [0.05, 0.1) is 0 Å². The average Bonchev–Trinajstić information content (AvgIpc) is 2.39. The lowest BCUT2D eigenvalue weighted by atomic mass is 9.61. The van der Waals surface area contributed by atoms with Gasteiger partial charge in [-0.25, -0.2) is 13.2 Å². The number of nitrogens with zero attached hydrogens (tertiary/aromatic N) is 1. The Hall–Kier alpha value is -2.25. The molecule has 0 spiro atoms. The van der Waals surface area contributed by atoms with E-state index in [1.807, 2.05) is 6.92 Å². The minimum atomic E-state index is -1.61. The SMILES string of the molecule is CC1CC(C(=O)Nc2cc(F)c(F)c(F)c2)(/C(N)=N/O)C1. The Bertz CT molecular complexity index is 590. The van der Waals surface area contributed by atoms with Crippen molar-refractivity contribution in [2.75, 3.05) is 5.32 Å². The van der Waals surface area contributed by atoms with Crippen LogP contribution < -0.4 is 11.1 Å². The molecule has 0 aliphatic heterocycles. The predicted octanol–water partition coefficient (Wildman–Crippen LogP) is 2.21. The van der Waals surface area contributed by atoms with Gasteiger partial charge in [0.15, 0.2) is 23.3 Å². The molecule has 8 heteroatoms. The van der Waals surface area contributed by atoms with E-state index in [4.69, 9.17) is 10.9 Å². The molecule has 0 atom stereocenters. The molecule has 2 rings (SSSR count). The third-order valence-electron chi connectivity index (χ3n) is 3.67. The highest BCUT2D eigenvalue weighted by Gasteiger charge is 2.52. The molecule has 0 radical (unpaired) electrons. The van der Waals surface area contributed by atoms with E-state index in [1.54, 1.807) is 0 Å². The number of halogens is 3. The van der Waals surface area contributed by atoms with Crippen LogP contribution in [0.5, 0.6) is 0 Å². The number of nitrogens with two attached hydrogens (primary N) is 1. The van der Waals surface area contributed by atoms with E-state index < -0.39 is 28.8 Å². The van der Waals surface area contributed by atoms with Gasteiger partial charge in [0.2, 0.25) is 5.91 Å². The first-order valence-electron chi connectivity index (χ1n) is 6.24. The molecule has 0 aromatic heterocycles. The molecule has 1 aliphatic rings. The summed E-state index contributed by atoms with van der Waals surface area (Å²) in [5, 5.41) is 13.9. The summed E-state index contributed by atoms with van der Waals surface area (Å²) >= 11 is 0. The van der Waals surface area contributed by atoms with Gasteiger partial charge in [-0.2, -0.15) is 0 Å². The van der Waals surface area contributed by atoms with Gasteiger partial charge in [-0.1, -0.05) is 12.1 Å². The molecule has 1 amide bonds. The number of hydrogen-bond donors (Lipinski definition) is 3. The van der Waals surface area contributed by atoms with Gasteiger partial charge >= 0.3 is 0 Å². The van der Waals surface area contributed by atoms with Gasteiger partial charge < -0.3 is 16.3 Å². The van der Waals surface area contributed by atoms with Crippen LogP contribution in [0.15, 0.2) is 17.3 Å². The van der Waals surface area contributed by atoms with Gasteiger partial charge in [-0.3, -0.25) is 4.79 Å². The molecule has 1 fully saturated rings. The van der Waals surface area contributed by atoms with E-state index in [0.29, 0.717) is 25.0 Å². The van der Waals surface area contributed by atoms with Crippen LogP contribution in [0.25, 0.3) is 0 Å². The van der Waals surface area contributed by atoms with Crippen molar-refractivity contribution in [3.63, 3.8) is 0 Å². The molecule has 4 N–H and O–H groups in total. The Balaban J connectivity index is 2.25. The first kappa shape index (κ1) is 15.1. The summed E-state index contributed by atoms with van der Waals surface area (Å²) in [6.07, 6.45) is 0.696. The first-order chi connectivity index (χ1) is 9.80. The van der Waals surface area contributed by atoms with Crippen LogP contribution in [0.2, 0.25) is 0 Å². The number of oxime groups is 1. The Morgan fingerprint density at radius 3 is 2.33 bits per heavy atom. The third kappa shape index (κ3) is 2.53. The van der Waals surface area contributed by atoms with Gasteiger partial charge in [0, 0.05) is 17.8 Å². The first-order valence-corrected chi connectivity index (χ1v) is 6.24. The standard InChI is InChI=1S/C13H14F3N3O2/c1-6-4-13(5-6,11(17)19-21)12(20)18-7-2-8(14)10(16)9(15)3-7/h2-3,6,21H,4-5H2,1H3,(H2,17,19)(H,18,20). The normalized spacial score (nSPS) is 25.3. The quantitative estimate of drug-likeness (QED) is 0.263. The summed E-state index contributed by atoms with van der Waals surface area (Å²) in [4.78, 5) is 12.2. The summed E-state index contributed by atoms with van der Waals surface area (Å²) in [7, 11) is 0. The predicted molar refractivity (Wildman–Crippen MR) is 69.2 cm³/mol. The molecule has 0 heterocycles. The van der Waals surface area contributed by atoms with E-state index in [-0.39, 0.29) is 17.4 Å². The molecule has 5 nitrogen and oxygen atoms in total. The Morgan fingerprint density at radius 1 is 1.38 bits per heavy atom. The zero-order valence-corrected chi connectivity index (χ0v) is 11.2. The van der Waals surface area contributed by atoms with Crippen LogP contribution >= 0.6 is 0 Å². The maximum absolute atomic E-state index is 13.1. The fourth-order valence-corrected chi connectivity index (χ4v) is 2.61.